The zero-order valence-electron chi connectivity index (χ0n) is 16.4. The quantitative estimate of drug-likeness (QED) is 0.496. The van der Waals surface area contributed by atoms with Crippen molar-refractivity contribution in [1.82, 2.24) is 9.78 Å². The van der Waals surface area contributed by atoms with Gasteiger partial charge in [0.1, 0.15) is 11.9 Å². The van der Waals surface area contributed by atoms with Gasteiger partial charge in [0.25, 0.3) is 11.6 Å². The van der Waals surface area contributed by atoms with E-state index in [4.69, 9.17) is 0 Å². The number of nitrogens with zero attached hydrogens (tertiary/aromatic N) is 3. The molecule has 1 atom stereocenters. The molecule has 2 amide bonds. The van der Waals surface area contributed by atoms with Gasteiger partial charge in [0.05, 0.1) is 17.0 Å². The summed E-state index contributed by atoms with van der Waals surface area (Å²) < 4.78 is 1.56. The lowest BCUT2D eigenvalue weighted by atomic mass is 10.1. The van der Waals surface area contributed by atoms with E-state index < -0.39 is 11.0 Å². The van der Waals surface area contributed by atoms with Crippen LogP contribution in [-0.4, -0.2) is 26.5 Å². The first kappa shape index (κ1) is 19.3. The van der Waals surface area contributed by atoms with Crippen molar-refractivity contribution < 1.29 is 14.5 Å². The van der Waals surface area contributed by atoms with Crippen molar-refractivity contribution in [2.45, 2.75) is 26.3 Å². The van der Waals surface area contributed by atoms with Crippen LogP contribution in [0.1, 0.15) is 23.7 Å². The number of anilines is 2. The maximum absolute atomic E-state index is 12.6. The fraction of sp³-hybridized carbons (Fsp3) is 0.190. The van der Waals surface area contributed by atoms with Crippen molar-refractivity contribution in [2.24, 2.45) is 0 Å². The number of amides is 2. The number of fused-ring (bicyclic) bond motifs is 1. The van der Waals surface area contributed by atoms with Crippen LogP contribution in [0.25, 0.3) is 11.1 Å². The number of hydrogen-bond acceptors (Lipinski definition) is 5. The minimum Gasteiger partial charge on any atom is -0.326 e. The van der Waals surface area contributed by atoms with Crippen LogP contribution in [0.5, 0.6) is 0 Å². The first-order valence-electron chi connectivity index (χ1n) is 9.35. The Hall–Kier alpha value is -4.01. The molecule has 1 aliphatic rings. The Bertz CT molecular complexity index is 1170. The summed E-state index contributed by atoms with van der Waals surface area (Å²) >= 11 is 0. The molecule has 2 heterocycles. The lowest BCUT2D eigenvalue weighted by Gasteiger charge is -2.11. The summed E-state index contributed by atoms with van der Waals surface area (Å²) in [6.07, 6.45) is -0.107. The van der Waals surface area contributed by atoms with E-state index in [1.165, 1.54) is 18.2 Å². The number of nitro benzene ring substituents is 1. The molecule has 0 saturated heterocycles. The predicted molar refractivity (Wildman–Crippen MR) is 111 cm³/mol. The molecule has 1 aliphatic heterocycles. The molecule has 0 saturated carbocycles. The standard InChI is InChI=1S/C21H19N5O4/c1-12-10-15(26(29)30)8-9-16(12)22-18(27)11-17-21(28)23-20-19(13(2)24-25(17)20)14-6-4-3-5-7-14/h3-10,17H,11H2,1-2H3,(H,22,27)(H,23,28). The SMILES string of the molecule is Cc1cc([N+](=O)[O-])ccc1NC(=O)CC1C(=O)Nc2c(-c3ccccc3)c(C)nn21. The number of aryl methyl sites for hydroxylation is 2. The molecule has 9 nitrogen and oxygen atoms in total. The summed E-state index contributed by atoms with van der Waals surface area (Å²) in [5.74, 6) is -0.104. The van der Waals surface area contributed by atoms with Crippen LogP contribution in [0.15, 0.2) is 48.5 Å². The third-order valence-corrected chi connectivity index (χ3v) is 5.06. The Balaban J connectivity index is 1.55. The average Bonchev–Trinajstić information content (AvgIpc) is 3.17. The molecule has 0 spiro atoms. The van der Waals surface area contributed by atoms with Crippen LogP contribution < -0.4 is 10.6 Å². The van der Waals surface area contributed by atoms with E-state index in [9.17, 15) is 19.7 Å². The maximum Gasteiger partial charge on any atom is 0.269 e. The molecule has 4 rings (SSSR count). The minimum atomic E-state index is -0.769. The Morgan fingerprint density at radius 3 is 2.63 bits per heavy atom. The lowest BCUT2D eigenvalue weighted by molar-refractivity contribution is -0.384. The van der Waals surface area contributed by atoms with Gasteiger partial charge in [0.15, 0.2) is 0 Å². The van der Waals surface area contributed by atoms with Crippen molar-refractivity contribution in [3.63, 3.8) is 0 Å². The van der Waals surface area contributed by atoms with Gasteiger partial charge in [-0.3, -0.25) is 19.7 Å². The number of benzene rings is 2. The molecule has 2 N–H and O–H groups in total. The molecule has 0 fully saturated rings. The van der Waals surface area contributed by atoms with Crippen LogP contribution in [0.3, 0.4) is 0 Å². The number of hydrogen-bond donors (Lipinski definition) is 2. The van der Waals surface area contributed by atoms with Gasteiger partial charge < -0.3 is 10.6 Å². The number of aromatic nitrogens is 2. The van der Waals surface area contributed by atoms with Gasteiger partial charge in [-0.2, -0.15) is 5.10 Å². The Kier molecular flexibility index (Phi) is 4.78. The Morgan fingerprint density at radius 1 is 1.23 bits per heavy atom. The number of rotatable bonds is 5. The minimum absolute atomic E-state index is 0.0502. The number of carbonyl (C=O) groups excluding carboxylic acids is 2. The molecule has 1 aromatic heterocycles. The summed E-state index contributed by atoms with van der Waals surface area (Å²) in [5.41, 5.74) is 3.50. The van der Waals surface area contributed by atoms with E-state index in [1.54, 1.807) is 11.6 Å². The summed E-state index contributed by atoms with van der Waals surface area (Å²) in [7, 11) is 0. The first-order chi connectivity index (χ1) is 14.3. The normalized spacial score (nSPS) is 14.9. The highest BCUT2D eigenvalue weighted by atomic mass is 16.6. The van der Waals surface area contributed by atoms with Crippen LogP contribution in [0.4, 0.5) is 17.2 Å². The molecular weight excluding hydrogens is 386 g/mol. The summed E-state index contributed by atoms with van der Waals surface area (Å²) in [4.78, 5) is 35.5. The van der Waals surface area contributed by atoms with E-state index in [-0.39, 0.29) is 23.9 Å². The van der Waals surface area contributed by atoms with E-state index in [0.717, 1.165) is 16.8 Å². The van der Waals surface area contributed by atoms with Gasteiger partial charge >= 0.3 is 0 Å². The molecule has 30 heavy (non-hydrogen) atoms. The summed E-state index contributed by atoms with van der Waals surface area (Å²) in [6.45, 7) is 3.53. The summed E-state index contributed by atoms with van der Waals surface area (Å²) in [5, 5.41) is 20.9. The third kappa shape index (κ3) is 3.41. The fourth-order valence-electron chi connectivity index (χ4n) is 3.61. The van der Waals surface area contributed by atoms with Crippen molar-refractivity contribution >= 4 is 29.0 Å². The van der Waals surface area contributed by atoms with Crippen LogP contribution in [0.2, 0.25) is 0 Å². The van der Waals surface area contributed by atoms with E-state index in [2.05, 4.69) is 15.7 Å². The zero-order chi connectivity index (χ0) is 21.4. The molecule has 0 bridgehead atoms. The average molecular weight is 405 g/mol. The molecule has 9 heteroatoms. The molecule has 3 aromatic rings. The second kappa shape index (κ2) is 7.43. The van der Waals surface area contributed by atoms with Gasteiger partial charge in [0.2, 0.25) is 5.91 Å². The monoisotopic (exact) mass is 405 g/mol. The van der Waals surface area contributed by atoms with Crippen molar-refractivity contribution in [1.29, 1.82) is 0 Å². The maximum atomic E-state index is 12.6. The Labute approximate surface area is 171 Å². The van der Waals surface area contributed by atoms with E-state index >= 15 is 0 Å². The largest absolute Gasteiger partial charge is 0.326 e. The number of carbonyl (C=O) groups is 2. The van der Waals surface area contributed by atoms with Gasteiger partial charge in [0, 0.05) is 23.4 Å². The van der Waals surface area contributed by atoms with Crippen LogP contribution >= 0.6 is 0 Å². The predicted octanol–water partition coefficient (Wildman–Crippen LogP) is 3.60. The number of non-ortho nitro benzene ring substituents is 1. The topological polar surface area (TPSA) is 119 Å². The zero-order valence-corrected chi connectivity index (χ0v) is 16.4. The van der Waals surface area contributed by atoms with E-state index in [1.807, 2.05) is 37.3 Å². The highest BCUT2D eigenvalue weighted by Crippen LogP contribution is 2.38. The van der Waals surface area contributed by atoms with Crippen molar-refractivity contribution in [3.8, 4) is 11.1 Å². The van der Waals surface area contributed by atoms with Gasteiger partial charge in [-0.05, 0) is 31.0 Å². The van der Waals surface area contributed by atoms with Gasteiger partial charge in [-0.1, -0.05) is 30.3 Å². The molecule has 152 valence electrons. The molecule has 2 aromatic carbocycles. The highest BCUT2D eigenvalue weighted by Gasteiger charge is 2.36. The highest BCUT2D eigenvalue weighted by molar-refractivity contribution is 6.04. The molecular formula is C21H19N5O4. The van der Waals surface area contributed by atoms with Crippen molar-refractivity contribution in [3.05, 3.63) is 69.9 Å². The van der Waals surface area contributed by atoms with Crippen molar-refractivity contribution in [2.75, 3.05) is 10.6 Å². The fourth-order valence-corrected chi connectivity index (χ4v) is 3.61. The first-order valence-corrected chi connectivity index (χ1v) is 9.35. The number of nitrogens with one attached hydrogen (secondary N) is 2. The molecule has 0 aliphatic carbocycles. The lowest BCUT2D eigenvalue weighted by Crippen LogP contribution is -2.24. The van der Waals surface area contributed by atoms with E-state index in [0.29, 0.717) is 17.1 Å². The van der Waals surface area contributed by atoms with Crippen LogP contribution in [-0.2, 0) is 9.59 Å². The third-order valence-electron chi connectivity index (χ3n) is 5.06. The summed E-state index contributed by atoms with van der Waals surface area (Å²) in [6, 6.07) is 13.0. The van der Waals surface area contributed by atoms with Crippen LogP contribution in [0, 0.1) is 24.0 Å². The molecule has 0 radical (unpaired) electrons. The molecule has 1 unspecified atom stereocenters. The van der Waals surface area contributed by atoms with Gasteiger partial charge in [-0.25, -0.2) is 4.68 Å². The Morgan fingerprint density at radius 2 is 1.97 bits per heavy atom. The second-order valence-corrected chi connectivity index (χ2v) is 7.13. The second-order valence-electron chi connectivity index (χ2n) is 7.13. The number of nitro groups is 1. The smallest absolute Gasteiger partial charge is 0.269 e. The van der Waals surface area contributed by atoms with Gasteiger partial charge in [-0.15, -0.1) is 0 Å².